The van der Waals surface area contributed by atoms with Crippen LogP contribution in [0.1, 0.15) is 32.4 Å². The summed E-state index contributed by atoms with van der Waals surface area (Å²) in [6, 6.07) is 8.21. The second kappa shape index (κ2) is 10.8. The molecule has 3 aromatic rings. The Kier molecular flexibility index (Phi) is 7.50. The van der Waals surface area contributed by atoms with Gasteiger partial charge in [-0.2, -0.15) is 0 Å². The number of fused-ring (bicyclic) bond motifs is 1. The minimum Gasteiger partial charge on any atom is -0.486 e. The standard InChI is InChI=1S/C25H24N4O6S3/c1-12-6-13(2)8-17(7-12)34-9-16-4-5-18(35-16)21(30)26-19-22(31)29-20(24(32)33)15(10-36-23(19)29)11-37-25-28-27-14(3)38-25/h4-8,19,23H,9-11H2,1-3H3,(H,26,30)(H,32,33)/t19-,23-/m0/s1. The van der Waals surface area contributed by atoms with E-state index < -0.39 is 29.2 Å². The third kappa shape index (κ3) is 5.45. The van der Waals surface area contributed by atoms with Crippen LogP contribution in [0.3, 0.4) is 0 Å². The lowest BCUT2D eigenvalue weighted by molar-refractivity contribution is -0.148. The Balaban J connectivity index is 1.20. The van der Waals surface area contributed by atoms with Crippen molar-refractivity contribution in [2.75, 3.05) is 11.5 Å². The number of amides is 2. The first-order valence-corrected chi connectivity index (χ1v) is 14.5. The first-order valence-electron chi connectivity index (χ1n) is 11.6. The number of carbonyl (C=O) groups is 3. The third-order valence-corrected chi connectivity index (χ3v) is 9.27. The van der Waals surface area contributed by atoms with Crippen LogP contribution < -0.4 is 10.1 Å². The van der Waals surface area contributed by atoms with E-state index in [1.807, 2.05) is 39.0 Å². The number of nitrogens with zero attached hydrogens (tertiary/aromatic N) is 3. The van der Waals surface area contributed by atoms with Gasteiger partial charge in [-0.1, -0.05) is 29.2 Å². The van der Waals surface area contributed by atoms with Gasteiger partial charge in [0, 0.05) is 11.5 Å². The van der Waals surface area contributed by atoms with Crippen molar-refractivity contribution >= 4 is 52.6 Å². The van der Waals surface area contributed by atoms with Crippen LogP contribution in [0.4, 0.5) is 0 Å². The Labute approximate surface area is 230 Å². The lowest BCUT2D eigenvalue weighted by Crippen LogP contribution is -2.70. The van der Waals surface area contributed by atoms with Crippen LogP contribution in [0.2, 0.25) is 0 Å². The van der Waals surface area contributed by atoms with Gasteiger partial charge in [0.05, 0.1) is 0 Å². The number of benzene rings is 1. The zero-order chi connectivity index (χ0) is 27.0. The van der Waals surface area contributed by atoms with Crippen LogP contribution >= 0.6 is 34.9 Å². The summed E-state index contributed by atoms with van der Waals surface area (Å²) in [5, 5.41) is 20.9. The smallest absolute Gasteiger partial charge is 0.352 e. The largest absolute Gasteiger partial charge is 0.486 e. The summed E-state index contributed by atoms with van der Waals surface area (Å²) >= 11 is 4.24. The van der Waals surface area contributed by atoms with E-state index in [2.05, 4.69) is 15.5 Å². The molecule has 10 nitrogen and oxygen atoms in total. The first-order chi connectivity index (χ1) is 18.2. The van der Waals surface area contributed by atoms with Crippen molar-refractivity contribution in [1.29, 1.82) is 0 Å². The molecule has 0 unspecified atom stereocenters. The molecule has 2 N–H and O–H groups in total. The van der Waals surface area contributed by atoms with Crippen LogP contribution in [0.5, 0.6) is 5.75 Å². The maximum Gasteiger partial charge on any atom is 0.352 e. The molecular formula is C25H24N4O6S3. The maximum atomic E-state index is 12.9. The molecule has 1 saturated heterocycles. The van der Waals surface area contributed by atoms with Gasteiger partial charge in [0.1, 0.15) is 40.2 Å². The number of rotatable bonds is 9. The molecule has 2 atom stereocenters. The third-order valence-electron chi connectivity index (χ3n) is 5.88. The molecule has 2 aromatic heterocycles. The van der Waals surface area contributed by atoms with E-state index in [-0.39, 0.29) is 18.1 Å². The second-order valence-electron chi connectivity index (χ2n) is 8.87. The van der Waals surface area contributed by atoms with Crippen molar-refractivity contribution in [2.45, 2.75) is 43.1 Å². The molecule has 0 spiro atoms. The van der Waals surface area contributed by atoms with Crippen LogP contribution in [0.25, 0.3) is 0 Å². The molecule has 38 heavy (non-hydrogen) atoms. The average Bonchev–Trinajstić information content (AvgIpc) is 3.52. The van der Waals surface area contributed by atoms with Gasteiger partial charge in [0.15, 0.2) is 10.1 Å². The summed E-state index contributed by atoms with van der Waals surface area (Å²) in [5.41, 5.74) is 2.77. The summed E-state index contributed by atoms with van der Waals surface area (Å²) in [4.78, 5) is 39.1. The van der Waals surface area contributed by atoms with Crippen molar-refractivity contribution in [3.05, 3.63) is 69.3 Å². The minimum absolute atomic E-state index is 0.0261. The number of furan rings is 1. The minimum atomic E-state index is -1.17. The number of hydrogen-bond donors (Lipinski definition) is 2. The highest BCUT2D eigenvalue weighted by Gasteiger charge is 2.54. The number of carboxylic acids is 1. The first kappa shape index (κ1) is 26.3. The van der Waals surface area contributed by atoms with Crippen molar-refractivity contribution in [3.8, 4) is 5.75 Å². The molecule has 198 valence electrons. The molecule has 13 heteroatoms. The number of ether oxygens (including phenoxy) is 1. The Morgan fingerprint density at radius 2 is 1.97 bits per heavy atom. The number of β-lactam (4-membered cyclic amide) rings is 1. The fourth-order valence-electron chi connectivity index (χ4n) is 4.24. The van der Waals surface area contributed by atoms with Crippen molar-refractivity contribution in [1.82, 2.24) is 20.4 Å². The highest BCUT2D eigenvalue weighted by Crippen LogP contribution is 2.42. The quantitative estimate of drug-likeness (QED) is 0.288. The van der Waals surface area contributed by atoms with Gasteiger partial charge in [-0.15, -0.1) is 22.0 Å². The zero-order valence-electron chi connectivity index (χ0n) is 20.7. The van der Waals surface area contributed by atoms with E-state index in [1.165, 1.54) is 45.8 Å². The van der Waals surface area contributed by atoms with E-state index in [0.717, 1.165) is 20.5 Å². The number of carbonyl (C=O) groups excluding carboxylic acids is 2. The normalized spacial score (nSPS) is 18.7. The van der Waals surface area contributed by atoms with Gasteiger partial charge in [-0.25, -0.2) is 4.79 Å². The number of hydrogen-bond acceptors (Lipinski definition) is 10. The Hall–Kier alpha value is -3.29. The van der Waals surface area contributed by atoms with Gasteiger partial charge in [0.25, 0.3) is 11.8 Å². The van der Waals surface area contributed by atoms with Crippen molar-refractivity contribution in [3.63, 3.8) is 0 Å². The van der Waals surface area contributed by atoms with E-state index in [0.29, 0.717) is 28.6 Å². The van der Waals surface area contributed by atoms with Crippen LogP contribution in [-0.2, 0) is 16.2 Å². The van der Waals surface area contributed by atoms with Gasteiger partial charge in [-0.05, 0) is 61.7 Å². The lowest BCUT2D eigenvalue weighted by Gasteiger charge is -2.49. The van der Waals surface area contributed by atoms with Gasteiger partial charge < -0.3 is 19.6 Å². The number of aryl methyl sites for hydroxylation is 3. The molecule has 0 saturated carbocycles. The molecule has 0 aliphatic carbocycles. The van der Waals surface area contributed by atoms with Crippen LogP contribution in [-0.4, -0.2) is 60.9 Å². The molecule has 1 aromatic carbocycles. The molecule has 5 rings (SSSR count). The highest BCUT2D eigenvalue weighted by molar-refractivity contribution is 8.01. The summed E-state index contributed by atoms with van der Waals surface area (Å²) in [7, 11) is 0. The Morgan fingerprint density at radius 1 is 1.21 bits per heavy atom. The van der Waals surface area contributed by atoms with E-state index in [9.17, 15) is 19.5 Å². The average molecular weight is 573 g/mol. The molecule has 2 amide bonds. The molecule has 2 aliphatic rings. The maximum absolute atomic E-state index is 12.9. The number of thioether (sulfide) groups is 2. The zero-order valence-corrected chi connectivity index (χ0v) is 23.2. The number of carboxylic acid groups (broad SMARTS) is 1. The van der Waals surface area contributed by atoms with Gasteiger partial charge in [-0.3, -0.25) is 14.5 Å². The number of aliphatic carboxylic acids is 1. The van der Waals surface area contributed by atoms with E-state index in [4.69, 9.17) is 9.15 Å². The topological polar surface area (TPSA) is 135 Å². The molecule has 1 fully saturated rings. The predicted molar refractivity (Wildman–Crippen MR) is 143 cm³/mol. The molecule has 0 bridgehead atoms. The molecule has 0 radical (unpaired) electrons. The second-order valence-corrected chi connectivity index (χ2v) is 12.4. The lowest BCUT2D eigenvalue weighted by atomic mass is 10.0. The summed E-state index contributed by atoms with van der Waals surface area (Å²) < 4.78 is 12.2. The number of nitrogens with one attached hydrogen (secondary N) is 1. The molecule has 4 heterocycles. The van der Waals surface area contributed by atoms with Crippen molar-refractivity contribution < 1.29 is 28.6 Å². The van der Waals surface area contributed by atoms with Crippen LogP contribution in [0, 0.1) is 20.8 Å². The van der Waals surface area contributed by atoms with Gasteiger partial charge in [0.2, 0.25) is 0 Å². The summed E-state index contributed by atoms with van der Waals surface area (Å²) in [5.74, 6) is -0.150. The fourth-order valence-corrected chi connectivity index (χ4v) is 7.54. The van der Waals surface area contributed by atoms with Crippen LogP contribution in [0.15, 0.2) is 50.4 Å². The predicted octanol–water partition coefficient (Wildman–Crippen LogP) is 3.78. The molecule has 2 aliphatic heterocycles. The Morgan fingerprint density at radius 3 is 2.66 bits per heavy atom. The molecular weight excluding hydrogens is 548 g/mol. The fraction of sp³-hybridized carbons (Fsp3) is 0.320. The van der Waals surface area contributed by atoms with E-state index >= 15 is 0 Å². The summed E-state index contributed by atoms with van der Waals surface area (Å²) in [6.07, 6.45) is 0. The Bertz CT molecular complexity index is 1430. The summed E-state index contributed by atoms with van der Waals surface area (Å²) in [6.45, 7) is 5.97. The highest BCUT2D eigenvalue weighted by atomic mass is 32.2. The monoisotopic (exact) mass is 572 g/mol. The van der Waals surface area contributed by atoms with Crippen molar-refractivity contribution in [2.24, 2.45) is 0 Å². The SMILES string of the molecule is Cc1cc(C)cc(OCc2ccc(C(=O)N[C@H]3C(=O)N4C(C(=O)O)=C(CSc5nnc(C)s5)CS[C@@H]34)o2)c1. The number of aromatic nitrogens is 2. The van der Waals surface area contributed by atoms with Gasteiger partial charge >= 0.3 is 5.97 Å². The van der Waals surface area contributed by atoms with E-state index in [1.54, 1.807) is 6.07 Å².